The predicted octanol–water partition coefficient (Wildman–Crippen LogP) is 15.1. The van der Waals surface area contributed by atoms with Gasteiger partial charge in [-0.3, -0.25) is 9.97 Å². The number of phenolic OH excluding ortho intramolecular Hbond substituents is 1. The van der Waals surface area contributed by atoms with E-state index in [1.54, 1.807) is 11.3 Å². The predicted molar refractivity (Wildman–Crippen MR) is 248 cm³/mol. The van der Waals surface area contributed by atoms with Crippen LogP contribution in [0, 0.1) is 13.0 Å². The monoisotopic (exact) mass is 982 g/mol. The molecular formula is C55H35N2O2PtS-. The van der Waals surface area contributed by atoms with E-state index in [9.17, 15) is 5.11 Å². The van der Waals surface area contributed by atoms with E-state index in [0.717, 1.165) is 83.5 Å². The molecule has 0 saturated carbocycles. The molecule has 11 rings (SSSR count). The van der Waals surface area contributed by atoms with Crippen molar-refractivity contribution in [2.24, 2.45) is 0 Å². The van der Waals surface area contributed by atoms with Crippen LogP contribution in [-0.4, -0.2) is 15.1 Å². The molecule has 4 heterocycles. The second kappa shape index (κ2) is 15.9. The Balaban J connectivity index is 0.00000445. The Hall–Kier alpha value is -6.91. The van der Waals surface area contributed by atoms with E-state index in [1.165, 1.54) is 20.5 Å². The second-order valence-corrected chi connectivity index (χ2v) is 16.1. The van der Waals surface area contributed by atoms with E-state index in [1.807, 2.05) is 97.1 Å². The third kappa shape index (κ3) is 7.16. The molecule has 1 N–H and O–H groups in total. The third-order valence-electron chi connectivity index (χ3n) is 11.1. The largest absolute Gasteiger partial charge is 0.507 e. The Morgan fingerprint density at radius 2 is 1.10 bits per heavy atom. The second-order valence-electron chi connectivity index (χ2n) is 15.1. The number of benzene rings is 7. The van der Waals surface area contributed by atoms with Crippen molar-refractivity contribution in [3.63, 3.8) is 0 Å². The summed E-state index contributed by atoms with van der Waals surface area (Å²) in [5.74, 6) is 0.173. The maximum Gasteiger partial charge on any atom is 0.136 e. The normalized spacial score (nSPS) is 11.3. The average molecular weight is 983 g/mol. The van der Waals surface area contributed by atoms with E-state index in [2.05, 4.69) is 104 Å². The number of pyridine rings is 2. The quantitative estimate of drug-likeness (QED) is 0.162. The number of phenols is 1. The average Bonchev–Trinajstić information content (AvgIpc) is 3.88. The SMILES string of the molecule is Cc1cc(-c2sc3ccccc3c2-c2ccc3c(c2)oc2ccccc23)cc(-c2[c-]c(-c3cc(-c4ccccc4)cc(-c4ccc(-c5ccccc5)cc4O)n3)ccc2)n1.[Pt]. The van der Waals surface area contributed by atoms with Crippen LogP contribution in [0.2, 0.25) is 0 Å². The molecule has 4 nitrogen and oxygen atoms in total. The van der Waals surface area contributed by atoms with E-state index in [4.69, 9.17) is 14.4 Å². The fourth-order valence-electron chi connectivity index (χ4n) is 8.28. The summed E-state index contributed by atoms with van der Waals surface area (Å²) in [5, 5.41) is 14.9. The maximum atomic E-state index is 11.4. The number of nitrogens with zero attached hydrogens (tertiary/aromatic N) is 2. The van der Waals surface area contributed by atoms with Crippen LogP contribution in [0.25, 0.3) is 110 Å². The molecular weight excluding hydrogens is 948 g/mol. The van der Waals surface area contributed by atoms with Gasteiger partial charge in [0.25, 0.3) is 0 Å². The van der Waals surface area contributed by atoms with Gasteiger partial charge in [-0.05, 0) is 88.8 Å². The van der Waals surface area contributed by atoms with Crippen LogP contribution in [-0.2, 0) is 21.1 Å². The molecule has 0 radical (unpaired) electrons. The Labute approximate surface area is 371 Å². The first-order valence-corrected chi connectivity index (χ1v) is 20.8. The van der Waals surface area contributed by atoms with Gasteiger partial charge in [-0.1, -0.05) is 132 Å². The van der Waals surface area contributed by atoms with Gasteiger partial charge in [0.15, 0.2) is 0 Å². The molecule has 0 aliphatic heterocycles. The third-order valence-corrected chi connectivity index (χ3v) is 12.4. The number of aromatic hydroxyl groups is 1. The smallest absolute Gasteiger partial charge is 0.136 e. The van der Waals surface area contributed by atoms with Crippen LogP contribution in [0.4, 0.5) is 0 Å². The summed E-state index contributed by atoms with van der Waals surface area (Å²) in [6.07, 6.45) is 0. The fourth-order valence-corrected chi connectivity index (χ4v) is 9.50. The summed E-state index contributed by atoms with van der Waals surface area (Å²) >= 11 is 1.80. The standard InChI is InChI=1S/C55H35N2O2S.Pt/c1-34-27-42(55-54(46-20-9-11-22-53(46)60-55)40-24-25-44-43-19-8-10-21-51(43)59-52(44)33-40)31-47(56-34)38-17-12-18-39(28-38)48-29-41(36-15-6-3-7-16-36)30-49(57-48)45-26-23-37(32-50(45)58)35-13-4-2-5-14-35;/h2-27,29-33,58H,1H3;/q-1;. The van der Waals surface area contributed by atoms with Crippen molar-refractivity contribution in [2.45, 2.75) is 6.92 Å². The first kappa shape index (κ1) is 38.3. The van der Waals surface area contributed by atoms with Crippen LogP contribution >= 0.6 is 11.3 Å². The number of aromatic nitrogens is 2. The number of hydrogen-bond acceptors (Lipinski definition) is 5. The van der Waals surface area contributed by atoms with Gasteiger partial charge in [0, 0.05) is 75.0 Å². The maximum absolute atomic E-state index is 11.4. The zero-order chi connectivity index (χ0) is 40.2. The van der Waals surface area contributed by atoms with E-state index >= 15 is 0 Å². The Morgan fingerprint density at radius 3 is 1.87 bits per heavy atom. The zero-order valence-corrected chi connectivity index (χ0v) is 36.0. The van der Waals surface area contributed by atoms with E-state index in [0.29, 0.717) is 11.3 Å². The van der Waals surface area contributed by atoms with Gasteiger partial charge in [0.1, 0.15) is 16.9 Å². The first-order chi connectivity index (χ1) is 29.5. The number of furan rings is 1. The molecule has 294 valence electrons. The minimum absolute atomic E-state index is 0. The molecule has 0 spiro atoms. The number of aryl methyl sites for hydroxylation is 1. The van der Waals surface area contributed by atoms with Gasteiger partial charge < -0.3 is 9.52 Å². The minimum atomic E-state index is 0. The summed E-state index contributed by atoms with van der Waals surface area (Å²) in [6, 6.07) is 67.9. The molecule has 0 bridgehead atoms. The zero-order valence-electron chi connectivity index (χ0n) is 32.9. The summed E-state index contributed by atoms with van der Waals surface area (Å²) in [5.41, 5.74) is 14.7. The molecule has 0 unspecified atom stereocenters. The molecule has 7 aromatic carbocycles. The molecule has 0 aliphatic rings. The fraction of sp³-hybridized carbons (Fsp3) is 0.0182. The summed E-state index contributed by atoms with van der Waals surface area (Å²) in [4.78, 5) is 11.4. The molecule has 0 aliphatic carbocycles. The minimum Gasteiger partial charge on any atom is -0.507 e. The van der Waals surface area contributed by atoms with Crippen molar-refractivity contribution in [2.75, 3.05) is 0 Å². The van der Waals surface area contributed by atoms with Crippen molar-refractivity contribution in [3.05, 3.63) is 200 Å². The van der Waals surface area contributed by atoms with Crippen molar-refractivity contribution in [1.29, 1.82) is 0 Å². The molecule has 0 atom stereocenters. The van der Waals surface area contributed by atoms with E-state index in [-0.39, 0.29) is 26.8 Å². The number of hydrogen-bond donors (Lipinski definition) is 1. The van der Waals surface area contributed by atoms with Crippen molar-refractivity contribution >= 4 is 43.4 Å². The Bertz CT molecular complexity index is 3410. The van der Waals surface area contributed by atoms with Crippen molar-refractivity contribution < 1.29 is 30.6 Å². The molecule has 6 heteroatoms. The number of thiophene rings is 1. The van der Waals surface area contributed by atoms with Gasteiger partial charge in [0.05, 0.1) is 5.69 Å². The molecule has 11 aromatic rings. The number of rotatable bonds is 7. The summed E-state index contributed by atoms with van der Waals surface area (Å²) < 4.78 is 7.58. The van der Waals surface area contributed by atoms with Gasteiger partial charge in [0.2, 0.25) is 0 Å². The van der Waals surface area contributed by atoms with Gasteiger partial charge >= 0.3 is 0 Å². The van der Waals surface area contributed by atoms with Crippen molar-refractivity contribution in [3.8, 4) is 83.3 Å². The van der Waals surface area contributed by atoms with E-state index < -0.39 is 0 Å². The van der Waals surface area contributed by atoms with Crippen LogP contribution in [0.15, 0.2) is 192 Å². The molecule has 0 amide bonds. The topological polar surface area (TPSA) is 59.2 Å². The number of para-hydroxylation sites is 1. The van der Waals surface area contributed by atoms with Crippen LogP contribution in [0.5, 0.6) is 5.75 Å². The van der Waals surface area contributed by atoms with Gasteiger partial charge in [-0.25, -0.2) is 0 Å². The van der Waals surface area contributed by atoms with Crippen LogP contribution < -0.4 is 0 Å². The molecule has 0 saturated heterocycles. The summed E-state index contributed by atoms with van der Waals surface area (Å²) in [7, 11) is 0. The van der Waals surface area contributed by atoms with Crippen molar-refractivity contribution in [1.82, 2.24) is 9.97 Å². The molecule has 4 aromatic heterocycles. The molecule has 61 heavy (non-hydrogen) atoms. The summed E-state index contributed by atoms with van der Waals surface area (Å²) in [6.45, 7) is 2.05. The van der Waals surface area contributed by atoms with Gasteiger partial charge in [-0.2, -0.15) is 0 Å². The molecule has 0 fully saturated rings. The first-order valence-electron chi connectivity index (χ1n) is 19.9. The number of fused-ring (bicyclic) bond motifs is 4. The van der Waals surface area contributed by atoms with Crippen LogP contribution in [0.3, 0.4) is 0 Å². The van der Waals surface area contributed by atoms with Gasteiger partial charge in [-0.15, -0.1) is 35.6 Å². The van der Waals surface area contributed by atoms with Crippen LogP contribution in [0.1, 0.15) is 5.69 Å². The Kier molecular flexibility index (Phi) is 10.0. The Morgan fingerprint density at radius 1 is 0.475 bits per heavy atom.